The van der Waals surface area contributed by atoms with E-state index in [4.69, 9.17) is 0 Å². The Labute approximate surface area is 162 Å². The van der Waals surface area contributed by atoms with Crippen LogP contribution in [0.15, 0.2) is 40.8 Å². The summed E-state index contributed by atoms with van der Waals surface area (Å²) in [5.41, 5.74) is 1.93. The zero-order valence-electron chi connectivity index (χ0n) is 16.1. The van der Waals surface area contributed by atoms with Crippen LogP contribution in [0.1, 0.15) is 62.2 Å². The molecule has 0 unspecified atom stereocenters. The van der Waals surface area contributed by atoms with Crippen molar-refractivity contribution in [2.45, 2.75) is 56.8 Å². The maximum atomic E-state index is 12.7. The quantitative estimate of drug-likeness (QED) is 0.753. The summed E-state index contributed by atoms with van der Waals surface area (Å²) in [6.45, 7) is 3.92. The Bertz CT molecular complexity index is 776. The Hall–Kier alpha value is -1.66. The van der Waals surface area contributed by atoms with Gasteiger partial charge < -0.3 is 5.32 Å². The second-order valence-electron chi connectivity index (χ2n) is 7.73. The van der Waals surface area contributed by atoms with E-state index in [2.05, 4.69) is 18.3 Å². The lowest BCUT2D eigenvalue weighted by molar-refractivity contribution is 0.0954. The molecule has 0 bridgehead atoms. The molecule has 0 saturated carbocycles. The molecule has 1 aliphatic heterocycles. The van der Waals surface area contributed by atoms with Crippen LogP contribution in [-0.2, 0) is 10.0 Å². The number of hydrogen-bond acceptors (Lipinski definition) is 3. The van der Waals surface area contributed by atoms with Gasteiger partial charge in [0.15, 0.2) is 0 Å². The van der Waals surface area contributed by atoms with E-state index < -0.39 is 10.0 Å². The third kappa shape index (κ3) is 5.20. The lowest BCUT2D eigenvalue weighted by atomic mass is 9.97. The Kier molecular flexibility index (Phi) is 6.71. The third-order valence-electron chi connectivity index (χ3n) is 5.61. The van der Waals surface area contributed by atoms with Crippen molar-refractivity contribution in [3.63, 3.8) is 0 Å². The van der Waals surface area contributed by atoms with Crippen LogP contribution in [0.2, 0.25) is 0 Å². The van der Waals surface area contributed by atoms with E-state index in [9.17, 15) is 13.2 Å². The molecular formula is C21H30N2O3S. The Morgan fingerprint density at radius 3 is 2.48 bits per heavy atom. The van der Waals surface area contributed by atoms with Gasteiger partial charge in [0.05, 0.1) is 4.90 Å². The summed E-state index contributed by atoms with van der Waals surface area (Å²) in [7, 11) is -3.47. The van der Waals surface area contributed by atoms with Gasteiger partial charge in [-0.2, -0.15) is 4.31 Å². The second kappa shape index (κ2) is 9.02. The highest BCUT2D eigenvalue weighted by molar-refractivity contribution is 7.89. The number of carbonyl (C=O) groups is 1. The molecule has 1 N–H and O–H groups in total. The van der Waals surface area contributed by atoms with E-state index in [-0.39, 0.29) is 10.8 Å². The zero-order chi connectivity index (χ0) is 19.3. The van der Waals surface area contributed by atoms with Gasteiger partial charge in [0.25, 0.3) is 5.91 Å². The topological polar surface area (TPSA) is 66.5 Å². The van der Waals surface area contributed by atoms with Crippen LogP contribution in [0, 0.1) is 5.92 Å². The van der Waals surface area contributed by atoms with Gasteiger partial charge in [0.2, 0.25) is 10.0 Å². The number of piperidine rings is 1. The van der Waals surface area contributed by atoms with Crippen molar-refractivity contribution in [1.82, 2.24) is 9.62 Å². The van der Waals surface area contributed by atoms with E-state index in [1.807, 2.05) is 0 Å². The molecule has 0 radical (unpaired) electrons. The zero-order valence-corrected chi connectivity index (χ0v) is 16.9. The minimum absolute atomic E-state index is 0.151. The fourth-order valence-electron chi connectivity index (χ4n) is 3.72. The highest BCUT2D eigenvalue weighted by Gasteiger charge is 2.28. The molecule has 1 heterocycles. The van der Waals surface area contributed by atoms with Gasteiger partial charge in [-0.05, 0) is 75.1 Å². The third-order valence-corrected chi connectivity index (χ3v) is 7.53. The van der Waals surface area contributed by atoms with Gasteiger partial charge in [0, 0.05) is 25.2 Å². The predicted molar refractivity (Wildman–Crippen MR) is 107 cm³/mol. The van der Waals surface area contributed by atoms with Crippen molar-refractivity contribution < 1.29 is 13.2 Å². The summed E-state index contributed by atoms with van der Waals surface area (Å²) in [5.74, 6) is 0.425. The molecule has 1 fully saturated rings. The van der Waals surface area contributed by atoms with E-state index in [1.165, 1.54) is 18.4 Å². The largest absolute Gasteiger partial charge is 0.352 e. The first-order chi connectivity index (χ1) is 13.0. The van der Waals surface area contributed by atoms with Crippen molar-refractivity contribution in [3.05, 3.63) is 41.5 Å². The average Bonchev–Trinajstić information content (AvgIpc) is 2.69. The van der Waals surface area contributed by atoms with Gasteiger partial charge in [0.1, 0.15) is 0 Å². The number of nitrogens with zero attached hydrogens (tertiary/aromatic N) is 1. The van der Waals surface area contributed by atoms with Crippen molar-refractivity contribution in [1.29, 1.82) is 0 Å². The van der Waals surface area contributed by atoms with Crippen LogP contribution >= 0.6 is 0 Å². The number of sulfonamides is 1. The molecule has 0 spiro atoms. The normalized spacial score (nSPS) is 19.5. The number of amides is 1. The summed E-state index contributed by atoms with van der Waals surface area (Å²) >= 11 is 0. The molecule has 1 aromatic rings. The lowest BCUT2D eigenvalue weighted by Gasteiger charge is -2.29. The van der Waals surface area contributed by atoms with Crippen molar-refractivity contribution in [3.8, 4) is 0 Å². The second-order valence-corrected chi connectivity index (χ2v) is 9.66. The van der Waals surface area contributed by atoms with E-state index >= 15 is 0 Å². The molecular weight excluding hydrogens is 360 g/mol. The minimum atomic E-state index is -3.47. The maximum Gasteiger partial charge on any atom is 0.251 e. The average molecular weight is 391 g/mol. The first kappa shape index (κ1) is 20.1. The molecule has 1 aliphatic carbocycles. The van der Waals surface area contributed by atoms with Crippen LogP contribution in [0.25, 0.3) is 0 Å². The van der Waals surface area contributed by atoms with Crippen LogP contribution in [0.4, 0.5) is 0 Å². The summed E-state index contributed by atoms with van der Waals surface area (Å²) in [6.07, 6.45) is 9.77. The van der Waals surface area contributed by atoms with Gasteiger partial charge >= 0.3 is 0 Å². The fraction of sp³-hybridized carbons (Fsp3) is 0.571. The number of nitrogens with one attached hydrogen (secondary N) is 1. The predicted octanol–water partition coefficient (Wildman–Crippen LogP) is 3.73. The highest BCUT2D eigenvalue weighted by Crippen LogP contribution is 2.24. The summed E-state index contributed by atoms with van der Waals surface area (Å²) in [4.78, 5) is 12.6. The van der Waals surface area contributed by atoms with Crippen LogP contribution in [0.3, 0.4) is 0 Å². The number of carbonyl (C=O) groups excluding carboxylic acids is 1. The van der Waals surface area contributed by atoms with Gasteiger partial charge in [-0.1, -0.05) is 18.6 Å². The van der Waals surface area contributed by atoms with E-state index in [1.54, 1.807) is 28.6 Å². The van der Waals surface area contributed by atoms with Crippen molar-refractivity contribution >= 4 is 15.9 Å². The van der Waals surface area contributed by atoms with E-state index in [0.29, 0.717) is 31.1 Å². The van der Waals surface area contributed by atoms with Crippen LogP contribution in [0.5, 0.6) is 0 Å². The molecule has 1 saturated heterocycles. The molecule has 0 atom stereocenters. The first-order valence-corrected chi connectivity index (χ1v) is 11.5. The van der Waals surface area contributed by atoms with Crippen molar-refractivity contribution in [2.75, 3.05) is 19.6 Å². The van der Waals surface area contributed by atoms with E-state index in [0.717, 1.165) is 32.1 Å². The molecule has 3 rings (SSSR count). The highest BCUT2D eigenvalue weighted by atomic mass is 32.2. The first-order valence-electron chi connectivity index (χ1n) is 10.0. The Morgan fingerprint density at radius 2 is 1.85 bits per heavy atom. The maximum absolute atomic E-state index is 12.7. The molecule has 148 valence electrons. The molecule has 1 aromatic carbocycles. The fourth-order valence-corrected chi connectivity index (χ4v) is 5.19. The molecule has 6 heteroatoms. The Balaban J connectivity index is 1.56. The molecule has 5 nitrogen and oxygen atoms in total. The van der Waals surface area contributed by atoms with Gasteiger partial charge in [-0.15, -0.1) is 0 Å². The molecule has 2 aliphatic rings. The molecule has 1 amide bonds. The summed E-state index contributed by atoms with van der Waals surface area (Å²) < 4.78 is 27.0. The monoisotopic (exact) mass is 390 g/mol. The van der Waals surface area contributed by atoms with Crippen LogP contribution < -0.4 is 5.32 Å². The standard InChI is InChI=1S/C21H30N2O3S/c1-17-12-15-23(16-13-17)27(25,26)20-9-7-19(8-10-20)21(24)22-14-11-18-5-3-2-4-6-18/h5,7-10,17H,2-4,6,11-16H2,1H3,(H,22,24). The molecule has 0 aromatic heterocycles. The number of rotatable bonds is 6. The van der Waals surface area contributed by atoms with Crippen LogP contribution in [-0.4, -0.2) is 38.3 Å². The minimum Gasteiger partial charge on any atom is -0.352 e. The number of benzene rings is 1. The molecule has 27 heavy (non-hydrogen) atoms. The SMILES string of the molecule is CC1CCN(S(=O)(=O)c2ccc(C(=O)NCCC3=CCCCC3)cc2)CC1. The summed E-state index contributed by atoms with van der Waals surface area (Å²) in [6, 6.07) is 6.31. The summed E-state index contributed by atoms with van der Waals surface area (Å²) in [5, 5.41) is 2.93. The Morgan fingerprint density at radius 1 is 1.15 bits per heavy atom. The number of allylic oxidation sites excluding steroid dienone is 1. The lowest BCUT2D eigenvalue weighted by Crippen LogP contribution is -2.37. The smallest absolute Gasteiger partial charge is 0.251 e. The van der Waals surface area contributed by atoms with Crippen molar-refractivity contribution in [2.24, 2.45) is 5.92 Å². The van der Waals surface area contributed by atoms with Gasteiger partial charge in [-0.3, -0.25) is 4.79 Å². The number of hydrogen-bond donors (Lipinski definition) is 1. The van der Waals surface area contributed by atoms with Gasteiger partial charge in [-0.25, -0.2) is 8.42 Å².